The molecule has 98 valence electrons. The van der Waals surface area contributed by atoms with Crippen molar-refractivity contribution in [1.29, 1.82) is 0 Å². The second-order valence-electron chi connectivity index (χ2n) is 5.28. The zero-order valence-corrected chi connectivity index (χ0v) is 12.0. The minimum atomic E-state index is 0.165. The summed E-state index contributed by atoms with van der Waals surface area (Å²) in [6.07, 6.45) is 7.12. The van der Waals surface area contributed by atoms with Gasteiger partial charge in [0.05, 0.1) is 5.69 Å². The van der Waals surface area contributed by atoms with E-state index in [2.05, 4.69) is 32.3 Å². The van der Waals surface area contributed by atoms with Crippen molar-refractivity contribution < 1.29 is 4.74 Å². The van der Waals surface area contributed by atoms with Crippen LogP contribution in [0.5, 0.6) is 0 Å². The Labute approximate surface area is 116 Å². The van der Waals surface area contributed by atoms with Gasteiger partial charge in [-0.05, 0) is 53.7 Å². The van der Waals surface area contributed by atoms with Crippen molar-refractivity contribution in [2.45, 2.75) is 37.8 Å². The van der Waals surface area contributed by atoms with Gasteiger partial charge in [0.15, 0.2) is 0 Å². The third-order valence-corrected chi connectivity index (χ3v) is 4.20. The molecule has 1 saturated heterocycles. The summed E-state index contributed by atoms with van der Waals surface area (Å²) in [5, 5.41) is 3.62. The molecular formula is C14H19BrN2O. The van der Waals surface area contributed by atoms with E-state index in [-0.39, 0.29) is 6.10 Å². The average molecular weight is 311 g/mol. The number of nitrogens with one attached hydrogen (secondary N) is 1. The van der Waals surface area contributed by atoms with Gasteiger partial charge in [-0.1, -0.05) is 0 Å². The Kier molecular flexibility index (Phi) is 3.97. The number of pyridine rings is 1. The molecule has 2 heterocycles. The van der Waals surface area contributed by atoms with Crippen molar-refractivity contribution in [3.8, 4) is 0 Å². The standard InChI is InChI=1S/C14H19BrN2O/c15-11-3-6-13(17-9-11)14-10(2-1-7-18-14)8-16-12-4-5-12/h3,6,9-10,12,14,16H,1-2,4-5,7-8H2. The first-order valence-electron chi connectivity index (χ1n) is 6.79. The highest BCUT2D eigenvalue weighted by molar-refractivity contribution is 9.10. The quantitative estimate of drug-likeness (QED) is 0.928. The fourth-order valence-corrected chi connectivity index (χ4v) is 2.77. The largest absolute Gasteiger partial charge is 0.372 e. The Morgan fingerprint density at radius 1 is 1.33 bits per heavy atom. The third kappa shape index (κ3) is 3.11. The van der Waals surface area contributed by atoms with Crippen molar-refractivity contribution in [3.63, 3.8) is 0 Å². The second-order valence-corrected chi connectivity index (χ2v) is 6.19. The Bertz CT molecular complexity index is 391. The molecule has 1 saturated carbocycles. The summed E-state index contributed by atoms with van der Waals surface area (Å²) < 4.78 is 6.97. The molecule has 0 amide bonds. The maximum absolute atomic E-state index is 5.95. The molecule has 1 N–H and O–H groups in total. The van der Waals surface area contributed by atoms with Crippen LogP contribution in [0.2, 0.25) is 0 Å². The number of nitrogens with zero attached hydrogens (tertiary/aromatic N) is 1. The maximum Gasteiger partial charge on any atom is 0.103 e. The van der Waals surface area contributed by atoms with E-state index in [1.165, 1.54) is 25.7 Å². The van der Waals surface area contributed by atoms with Crippen molar-refractivity contribution in [1.82, 2.24) is 10.3 Å². The molecule has 1 aromatic rings. The van der Waals surface area contributed by atoms with E-state index >= 15 is 0 Å². The number of halogens is 1. The van der Waals surface area contributed by atoms with Gasteiger partial charge in [0.1, 0.15) is 6.10 Å². The first kappa shape index (κ1) is 12.6. The fourth-order valence-electron chi connectivity index (χ4n) is 2.54. The van der Waals surface area contributed by atoms with Gasteiger partial charge < -0.3 is 10.1 Å². The number of hydrogen-bond donors (Lipinski definition) is 1. The topological polar surface area (TPSA) is 34.1 Å². The molecule has 4 heteroatoms. The third-order valence-electron chi connectivity index (χ3n) is 3.73. The molecule has 0 radical (unpaired) electrons. The van der Waals surface area contributed by atoms with E-state index in [4.69, 9.17) is 4.74 Å². The molecule has 2 unspecified atom stereocenters. The van der Waals surface area contributed by atoms with Crippen molar-refractivity contribution in [2.75, 3.05) is 13.2 Å². The predicted octanol–water partition coefficient (Wildman–Crippen LogP) is 3.06. The van der Waals surface area contributed by atoms with E-state index in [1.54, 1.807) is 0 Å². The first-order chi connectivity index (χ1) is 8.83. The molecule has 1 aliphatic carbocycles. The smallest absolute Gasteiger partial charge is 0.103 e. The van der Waals surface area contributed by atoms with Gasteiger partial charge in [0, 0.05) is 35.8 Å². The van der Waals surface area contributed by atoms with Crippen LogP contribution in [0.15, 0.2) is 22.8 Å². The maximum atomic E-state index is 5.95. The SMILES string of the molecule is Brc1ccc(C2OCCCC2CNC2CC2)nc1. The summed E-state index contributed by atoms with van der Waals surface area (Å²) in [7, 11) is 0. The summed E-state index contributed by atoms with van der Waals surface area (Å²) in [6, 6.07) is 4.89. The van der Waals surface area contributed by atoms with Crippen molar-refractivity contribution in [2.24, 2.45) is 5.92 Å². The minimum absolute atomic E-state index is 0.165. The molecule has 0 spiro atoms. The Morgan fingerprint density at radius 3 is 2.94 bits per heavy atom. The second kappa shape index (κ2) is 5.68. The lowest BCUT2D eigenvalue weighted by atomic mass is 9.92. The Morgan fingerprint density at radius 2 is 2.22 bits per heavy atom. The Balaban J connectivity index is 1.67. The lowest BCUT2D eigenvalue weighted by Gasteiger charge is -2.31. The van der Waals surface area contributed by atoms with E-state index in [1.807, 2.05) is 12.3 Å². The lowest BCUT2D eigenvalue weighted by molar-refractivity contribution is -0.0303. The highest BCUT2D eigenvalue weighted by Gasteiger charge is 2.30. The van der Waals surface area contributed by atoms with Crippen molar-refractivity contribution >= 4 is 15.9 Å². The normalized spacial score (nSPS) is 28.3. The number of hydrogen-bond acceptors (Lipinski definition) is 3. The molecule has 1 aromatic heterocycles. The van der Waals surface area contributed by atoms with Crippen LogP contribution < -0.4 is 5.32 Å². The van der Waals surface area contributed by atoms with Gasteiger partial charge in [-0.2, -0.15) is 0 Å². The van der Waals surface area contributed by atoms with E-state index in [0.717, 1.165) is 29.4 Å². The number of ether oxygens (including phenoxy) is 1. The van der Waals surface area contributed by atoms with Crippen LogP contribution in [-0.2, 0) is 4.74 Å². The highest BCUT2D eigenvalue weighted by atomic mass is 79.9. The molecule has 3 rings (SSSR count). The summed E-state index contributed by atoms with van der Waals surface area (Å²) in [4.78, 5) is 4.50. The van der Waals surface area contributed by atoms with Gasteiger partial charge in [-0.15, -0.1) is 0 Å². The molecule has 0 bridgehead atoms. The molecule has 3 nitrogen and oxygen atoms in total. The summed E-state index contributed by atoms with van der Waals surface area (Å²) in [5.74, 6) is 0.563. The van der Waals surface area contributed by atoms with Crippen LogP contribution in [0.4, 0.5) is 0 Å². The lowest BCUT2D eigenvalue weighted by Crippen LogP contribution is -2.33. The van der Waals surface area contributed by atoms with Crippen molar-refractivity contribution in [3.05, 3.63) is 28.5 Å². The summed E-state index contributed by atoms with van der Waals surface area (Å²) >= 11 is 3.43. The average Bonchev–Trinajstić information content (AvgIpc) is 3.22. The first-order valence-corrected chi connectivity index (χ1v) is 7.58. The highest BCUT2D eigenvalue weighted by Crippen LogP contribution is 2.33. The predicted molar refractivity (Wildman–Crippen MR) is 74.4 cm³/mol. The summed E-state index contributed by atoms with van der Waals surface area (Å²) in [6.45, 7) is 1.93. The van der Waals surface area contributed by atoms with Gasteiger partial charge in [-0.3, -0.25) is 4.98 Å². The van der Waals surface area contributed by atoms with Crippen LogP contribution in [0.25, 0.3) is 0 Å². The molecule has 2 fully saturated rings. The number of aromatic nitrogens is 1. The van der Waals surface area contributed by atoms with Crippen LogP contribution in [-0.4, -0.2) is 24.2 Å². The molecule has 2 aliphatic rings. The van der Waals surface area contributed by atoms with E-state index in [9.17, 15) is 0 Å². The number of rotatable bonds is 4. The van der Waals surface area contributed by atoms with E-state index in [0.29, 0.717) is 5.92 Å². The zero-order chi connectivity index (χ0) is 12.4. The monoisotopic (exact) mass is 310 g/mol. The van der Waals surface area contributed by atoms with Gasteiger partial charge >= 0.3 is 0 Å². The van der Waals surface area contributed by atoms with Crippen LogP contribution in [0.1, 0.15) is 37.5 Å². The van der Waals surface area contributed by atoms with Gasteiger partial charge in [0.2, 0.25) is 0 Å². The fraction of sp³-hybridized carbons (Fsp3) is 0.643. The molecular weight excluding hydrogens is 292 g/mol. The minimum Gasteiger partial charge on any atom is -0.372 e. The molecule has 18 heavy (non-hydrogen) atoms. The van der Waals surface area contributed by atoms with Gasteiger partial charge in [0.25, 0.3) is 0 Å². The van der Waals surface area contributed by atoms with Crippen LogP contribution in [0, 0.1) is 5.92 Å². The Hall–Kier alpha value is -0.450. The summed E-state index contributed by atoms with van der Waals surface area (Å²) in [5.41, 5.74) is 1.07. The molecule has 1 aliphatic heterocycles. The molecule has 0 aromatic carbocycles. The van der Waals surface area contributed by atoms with Gasteiger partial charge in [-0.25, -0.2) is 0 Å². The van der Waals surface area contributed by atoms with E-state index < -0.39 is 0 Å². The van der Waals surface area contributed by atoms with Crippen LogP contribution >= 0.6 is 15.9 Å². The zero-order valence-electron chi connectivity index (χ0n) is 10.4. The molecule has 2 atom stereocenters. The van der Waals surface area contributed by atoms with Crippen LogP contribution in [0.3, 0.4) is 0 Å².